The summed E-state index contributed by atoms with van der Waals surface area (Å²) < 4.78 is 11.2. The maximum Gasteiger partial charge on any atom is 0.411 e. The number of piperidine rings is 2. The fourth-order valence-electron chi connectivity index (χ4n) is 4.30. The van der Waals surface area contributed by atoms with Gasteiger partial charge in [-0.3, -0.25) is 4.90 Å². The highest BCUT2D eigenvalue weighted by Crippen LogP contribution is 2.31. The molecule has 2 heterocycles. The highest BCUT2D eigenvalue weighted by Gasteiger charge is 2.40. The Morgan fingerprint density at radius 3 is 2.07 bits per heavy atom. The summed E-state index contributed by atoms with van der Waals surface area (Å²) in [5.41, 5.74) is -1.15. The fraction of sp³-hybridized carbons (Fsp3) is 0.913. The molecule has 0 bridgehead atoms. The van der Waals surface area contributed by atoms with Gasteiger partial charge in [0, 0.05) is 6.54 Å². The van der Waals surface area contributed by atoms with Gasteiger partial charge in [0.15, 0.2) is 0 Å². The third kappa shape index (κ3) is 8.53. The molecule has 2 aliphatic heterocycles. The van der Waals surface area contributed by atoms with Crippen molar-refractivity contribution in [2.75, 3.05) is 19.6 Å². The molecule has 2 rings (SSSR count). The molecule has 2 unspecified atom stereocenters. The molecule has 1 amide bonds. The number of hydrogen-bond acceptors (Lipinski definition) is 5. The van der Waals surface area contributed by atoms with Crippen LogP contribution >= 0.6 is 0 Å². The summed E-state index contributed by atoms with van der Waals surface area (Å²) in [5.74, 6) is 0.971. The van der Waals surface area contributed by atoms with Gasteiger partial charge in [-0.15, -0.1) is 0 Å². The first kappa shape index (κ1) is 24.0. The maximum atomic E-state index is 12.9. The first-order chi connectivity index (χ1) is 13.4. The van der Waals surface area contributed by atoms with Crippen molar-refractivity contribution in [3.63, 3.8) is 0 Å². The Kier molecular flexibility index (Phi) is 8.38. The smallest absolute Gasteiger partial charge is 0.411 e. The van der Waals surface area contributed by atoms with Gasteiger partial charge in [-0.25, -0.2) is 9.59 Å². The number of nitrogens with one attached hydrogen (secondary N) is 1. The monoisotopic (exact) mass is 410 g/mol. The third-order valence-corrected chi connectivity index (χ3v) is 5.70. The molecule has 6 nitrogen and oxygen atoms in total. The molecule has 0 saturated carbocycles. The van der Waals surface area contributed by atoms with Gasteiger partial charge >= 0.3 is 12.1 Å². The summed E-state index contributed by atoms with van der Waals surface area (Å²) in [6.07, 6.45) is 7.31. The van der Waals surface area contributed by atoms with Crippen LogP contribution in [0, 0.1) is 11.8 Å². The molecule has 1 N–H and O–H groups in total. The molecule has 6 heteroatoms. The van der Waals surface area contributed by atoms with E-state index in [1.165, 1.54) is 25.7 Å². The standard InChI is InChI=1S/C23H42N2O4/c1-22(2,3)28-20(26)19-16-18(9-7-8-17-10-13-24-14-11-17)12-15-25(19)21(27)29-23(4,5)6/h17-19,24H,7-16H2,1-6H3. The van der Waals surface area contributed by atoms with Crippen LogP contribution in [-0.2, 0) is 14.3 Å². The van der Waals surface area contributed by atoms with Crippen LogP contribution in [0.15, 0.2) is 0 Å². The molecule has 0 radical (unpaired) electrons. The van der Waals surface area contributed by atoms with E-state index in [0.29, 0.717) is 18.9 Å². The van der Waals surface area contributed by atoms with E-state index in [9.17, 15) is 9.59 Å². The molecular weight excluding hydrogens is 368 g/mol. The van der Waals surface area contributed by atoms with Gasteiger partial charge in [0.05, 0.1) is 0 Å². The average Bonchev–Trinajstić information content (AvgIpc) is 2.59. The number of rotatable bonds is 5. The molecule has 168 valence electrons. The molecule has 0 aromatic heterocycles. The number of amides is 1. The number of ether oxygens (including phenoxy) is 2. The Labute approximate surface area is 177 Å². The van der Waals surface area contributed by atoms with Gasteiger partial charge < -0.3 is 14.8 Å². The van der Waals surface area contributed by atoms with Gasteiger partial charge in [0.1, 0.15) is 17.2 Å². The Morgan fingerprint density at radius 2 is 1.48 bits per heavy atom. The Balaban J connectivity index is 1.95. The van der Waals surface area contributed by atoms with E-state index in [2.05, 4.69) is 5.32 Å². The topological polar surface area (TPSA) is 67.9 Å². The SMILES string of the molecule is CC(C)(C)OC(=O)C1CC(CCCC2CCNCC2)CCN1C(=O)OC(C)(C)C. The molecule has 0 aromatic rings. The predicted octanol–water partition coefficient (Wildman–Crippen LogP) is 4.51. The minimum atomic E-state index is -0.582. The zero-order valence-corrected chi connectivity index (χ0v) is 19.4. The molecular formula is C23H42N2O4. The molecule has 0 spiro atoms. The van der Waals surface area contributed by atoms with E-state index < -0.39 is 23.3 Å². The van der Waals surface area contributed by atoms with Crippen LogP contribution in [0.2, 0.25) is 0 Å². The summed E-state index contributed by atoms with van der Waals surface area (Å²) in [4.78, 5) is 27.2. The van der Waals surface area contributed by atoms with Crippen LogP contribution in [0.4, 0.5) is 4.79 Å². The van der Waals surface area contributed by atoms with E-state index >= 15 is 0 Å². The van der Waals surface area contributed by atoms with Crippen LogP contribution in [0.1, 0.15) is 86.5 Å². The van der Waals surface area contributed by atoms with Crippen LogP contribution in [0.5, 0.6) is 0 Å². The normalized spacial score (nSPS) is 24.3. The number of likely N-dealkylation sites (tertiary alicyclic amines) is 1. The molecule has 2 fully saturated rings. The zero-order valence-electron chi connectivity index (χ0n) is 19.4. The lowest BCUT2D eigenvalue weighted by Gasteiger charge is -2.39. The quantitative estimate of drug-likeness (QED) is 0.675. The predicted molar refractivity (Wildman–Crippen MR) is 115 cm³/mol. The molecule has 29 heavy (non-hydrogen) atoms. The number of hydrogen-bond donors (Lipinski definition) is 1. The minimum absolute atomic E-state index is 0.314. The van der Waals surface area contributed by atoms with Crippen molar-refractivity contribution in [2.45, 2.75) is 104 Å². The van der Waals surface area contributed by atoms with E-state index in [0.717, 1.165) is 31.8 Å². The largest absolute Gasteiger partial charge is 0.458 e. The van der Waals surface area contributed by atoms with E-state index in [4.69, 9.17) is 9.47 Å². The summed E-state index contributed by atoms with van der Waals surface area (Å²) >= 11 is 0. The first-order valence-corrected chi connectivity index (χ1v) is 11.4. The van der Waals surface area contributed by atoms with Gasteiger partial charge in [-0.1, -0.05) is 19.3 Å². The maximum absolute atomic E-state index is 12.9. The van der Waals surface area contributed by atoms with E-state index in [1.807, 2.05) is 41.5 Å². The van der Waals surface area contributed by atoms with Gasteiger partial charge in [0.25, 0.3) is 0 Å². The zero-order chi connectivity index (χ0) is 21.7. The summed E-state index contributed by atoms with van der Waals surface area (Å²) in [6, 6.07) is -0.554. The second-order valence-corrected chi connectivity index (χ2v) is 10.7. The van der Waals surface area contributed by atoms with Crippen LogP contribution in [0.25, 0.3) is 0 Å². The van der Waals surface area contributed by atoms with E-state index in [-0.39, 0.29) is 5.97 Å². The van der Waals surface area contributed by atoms with E-state index in [1.54, 1.807) is 4.90 Å². The first-order valence-electron chi connectivity index (χ1n) is 11.4. The van der Waals surface area contributed by atoms with Crippen molar-refractivity contribution in [2.24, 2.45) is 11.8 Å². The second kappa shape index (κ2) is 10.1. The van der Waals surface area contributed by atoms with Gasteiger partial charge in [-0.2, -0.15) is 0 Å². The number of esters is 1. The Bertz CT molecular complexity index is 544. The van der Waals surface area contributed by atoms with Gasteiger partial charge in [0.2, 0.25) is 0 Å². The highest BCUT2D eigenvalue weighted by atomic mass is 16.6. The fourth-order valence-corrected chi connectivity index (χ4v) is 4.30. The lowest BCUT2D eigenvalue weighted by atomic mass is 9.84. The summed E-state index contributed by atoms with van der Waals surface area (Å²) in [5, 5.41) is 3.42. The molecule has 2 aliphatic rings. The Hall–Kier alpha value is -1.30. The summed E-state index contributed by atoms with van der Waals surface area (Å²) in [7, 11) is 0. The second-order valence-electron chi connectivity index (χ2n) is 10.7. The molecule has 0 aliphatic carbocycles. The molecule has 0 aromatic carbocycles. The molecule has 2 atom stereocenters. The van der Waals surface area contributed by atoms with Crippen LogP contribution < -0.4 is 5.32 Å². The highest BCUT2D eigenvalue weighted by molar-refractivity contribution is 5.82. The van der Waals surface area contributed by atoms with Crippen molar-refractivity contribution in [3.8, 4) is 0 Å². The lowest BCUT2D eigenvalue weighted by molar-refractivity contribution is -0.163. The van der Waals surface area contributed by atoms with Crippen molar-refractivity contribution in [3.05, 3.63) is 0 Å². The minimum Gasteiger partial charge on any atom is -0.458 e. The molecule has 2 saturated heterocycles. The average molecular weight is 411 g/mol. The third-order valence-electron chi connectivity index (χ3n) is 5.70. The lowest BCUT2D eigenvalue weighted by Crippen LogP contribution is -2.53. The van der Waals surface area contributed by atoms with Crippen LogP contribution in [0.3, 0.4) is 0 Å². The van der Waals surface area contributed by atoms with Crippen molar-refractivity contribution in [1.82, 2.24) is 10.2 Å². The van der Waals surface area contributed by atoms with Crippen LogP contribution in [-0.4, -0.2) is 53.8 Å². The number of carbonyl (C=O) groups is 2. The summed E-state index contributed by atoms with van der Waals surface area (Å²) in [6.45, 7) is 14.0. The van der Waals surface area contributed by atoms with Crippen molar-refractivity contribution in [1.29, 1.82) is 0 Å². The number of nitrogens with zero attached hydrogens (tertiary/aromatic N) is 1. The van der Waals surface area contributed by atoms with Crippen molar-refractivity contribution >= 4 is 12.1 Å². The Morgan fingerprint density at radius 1 is 0.897 bits per heavy atom. The van der Waals surface area contributed by atoms with Crippen molar-refractivity contribution < 1.29 is 19.1 Å². The van der Waals surface area contributed by atoms with Gasteiger partial charge in [-0.05, 0) is 92.2 Å². The number of carbonyl (C=O) groups excluding carboxylic acids is 2.